The zero-order valence-electron chi connectivity index (χ0n) is 8.22. The number of hydrogen-bond donors (Lipinski definition) is 3. The van der Waals surface area contributed by atoms with Crippen LogP contribution in [0.2, 0.25) is 0 Å². The van der Waals surface area contributed by atoms with Gasteiger partial charge in [-0.2, -0.15) is 0 Å². The fourth-order valence-corrected chi connectivity index (χ4v) is 1.31. The number of benzene rings is 1. The highest BCUT2D eigenvalue weighted by Crippen LogP contribution is 2.09. The summed E-state index contributed by atoms with van der Waals surface area (Å²) in [6, 6.07) is 6.46. The molecule has 72 valence electrons. The molecule has 0 aliphatic heterocycles. The van der Waals surface area contributed by atoms with Crippen molar-refractivity contribution in [3.05, 3.63) is 34.9 Å². The van der Waals surface area contributed by atoms with Crippen molar-refractivity contribution in [2.75, 3.05) is 6.67 Å². The number of hydrazine groups is 1. The molecule has 0 unspecified atom stereocenters. The van der Waals surface area contributed by atoms with Gasteiger partial charge in [0.1, 0.15) is 0 Å². The summed E-state index contributed by atoms with van der Waals surface area (Å²) in [5, 5.41) is 3.18. The van der Waals surface area contributed by atoms with E-state index in [0.29, 0.717) is 6.67 Å². The number of hydrogen-bond acceptors (Lipinski definition) is 3. The largest absolute Gasteiger partial charge is 0.299 e. The molecule has 0 bridgehead atoms. The fourth-order valence-electron chi connectivity index (χ4n) is 1.31. The quantitative estimate of drug-likeness (QED) is 0.277. The van der Waals surface area contributed by atoms with Crippen LogP contribution in [0.25, 0.3) is 0 Å². The summed E-state index contributed by atoms with van der Waals surface area (Å²) in [5.41, 5.74) is 6.51. The highest BCUT2D eigenvalue weighted by molar-refractivity contribution is 5.30. The first kappa shape index (κ1) is 10.2. The molecular weight excluding hydrogens is 162 g/mol. The van der Waals surface area contributed by atoms with E-state index in [0.717, 1.165) is 6.54 Å². The monoisotopic (exact) mass is 179 g/mol. The molecule has 0 aliphatic carbocycles. The predicted molar refractivity (Wildman–Crippen MR) is 54.9 cm³/mol. The van der Waals surface area contributed by atoms with Crippen LogP contribution in [0.15, 0.2) is 18.2 Å². The molecule has 4 N–H and O–H groups in total. The van der Waals surface area contributed by atoms with Gasteiger partial charge in [-0.3, -0.25) is 11.2 Å². The maximum atomic E-state index is 5.14. The molecule has 0 radical (unpaired) electrons. The van der Waals surface area contributed by atoms with Gasteiger partial charge in [-0.15, -0.1) is 0 Å². The van der Waals surface area contributed by atoms with Crippen LogP contribution >= 0.6 is 0 Å². The molecule has 3 nitrogen and oxygen atoms in total. The van der Waals surface area contributed by atoms with Crippen molar-refractivity contribution in [3.8, 4) is 0 Å². The summed E-state index contributed by atoms with van der Waals surface area (Å²) >= 11 is 0. The third-order valence-electron chi connectivity index (χ3n) is 2.04. The van der Waals surface area contributed by atoms with E-state index in [2.05, 4.69) is 42.8 Å². The van der Waals surface area contributed by atoms with Crippen molar-refractivity contribution in [3.63, 3.8) is 0 Å². The molecule has 0 fully saturated rings. The van der Waals surface area contributed by atoms with Crippen molar-refractivity contribution in [1.29, 1.82) is 0 Å². The average molecular weight is 179 g/mol. The van der Waals surface area contributed by atoms with Gasteiger partial charge in [0, 0.05) is 6.54 Å². The van der Waals surface area contributed by atoms with Gasteiger partial charge in [0.05, 0.1) is 6.67 Å². The van der Waals surface area contributed by atoms with Crippen LogP contribution < -0.4 is 16.6 Å². The minimum atomic E-state index is 0.632. The molecule has 0 aliphatic rings. The average Bonchev–Trinajstić information content (AvgIpc) is 2.09. The Kier molecular flexibility index (Phi) is 3.89. The van der Waals surface area contributed by atoms with Gasteiger partial charge >= 0.3 is 0 Å². The summed E-state index contributed by atoms with van der Waals surface area (Å²) in [5.74, 6) is 5.14. The molecular formula is C10H17N3. The molecule has 0 aromatic heterocycles. The lowest BCUT2D eigenvalue weighted by molar-refractivity contribution is 0.600. The first-order chi connectivity index (χ1) is 6.24. The maximum Gasteiger partial charge on any atom is 0.0590 e. The third-order valence-corrected chi connectivity index (χ3v) is 2.04. The molecule has 1 aromatic carbocycles. The smallest absolute Gasteiger partial charge is 0.0590 e. The Bertz CT molecular complexity index is 271. The van der Waals surface area contributed by atoms with E-state index in [1.54, 1.807) is 0 Å². The minimum absolute atomic E-state index is 0.632. The lowest BCUT2D eigenvalue weighted by Gasteiger charge is -2.07. The Labute approximate surface area is 79.3 Å². The number of nitrogens with one attached hydrogen (secondary N) is 2. The standard InChI is InChI=1S/C10H17N3/c1-8-3-4-10(9(2)5-8)6-12-7-13-11/h3-5,12-13H,6-7,11H2,1-2H3. The Morgan fingerprint density at radius 3 is 2.69 bits per heavy atom. The third kappa shape index (κ3) is 3.14. The number of rotatable bonds is 4. The van der Waals surface area contributed by atoms with Crippen LogP contribution in [0.4, 0.5) is 0 Å². The summed E-state index contributed by atoms with van der Waals surface area (Å²) < 4.78 is 0. The molecule has 13 heavy (non-hydrogen) atoms. The Morgan fingerprint density at radius 2 is 2.08 bits per heavy atom. The molecule has 1 rings (SSSR count). The SMILES string of the molecule is Cc1ccc(CNCNN)c(C)c1. The van der Waals surface area contributed by atoms with Crippen molar-refractivity contribution < 1.29 is 0 Å². The van der Waals surface area contributed by atoms with Gasteiger partial charge in [-0.1, -0.05) is 23.8 Å². The Hall–Kier alpha value is -0.900. The Balaban J connectivity index is 2.56. The van der Waals surface area contributed by atoms with Crippen LogP contribution in [0.1, 0.15) is 16.7 Å². The summed E-state index contributed by atoms with van der Waals surface area (Å²) in [6.45, 7) is 5.72. The van der Waals surface area contributed by atoms with E-state index in [9.17, 15) is 0 Å². The lowest BCUT2D eigenvalue weighted by Crippen LogP contribution is -2.33. The van der Waals surface area contributed by atoms with E-state index in [-0.39, 0.29) is 0 Å². The van der Waals surface area contributed by atoms with Crippen molar-refractivity contribution in [1.82, 2.24) is 10.7 Å². The minimum Gasteiger partial charge on any atom is -0.299 e. The lowest BCUT2D eigenvalue weighted by atomic mass is 10.1. The molecule has 1 aromatic rings. The van der Waals surface area contributed by atoms with E-state index < -0.39 is 0 Å². The number of nitrogens with two attached hydrogens (primary N) is 1. The molecule has 0 saturated heterocycles. The molecule has 0 amide bonds. The fraction of sp³-hybridized carbons (Fsp3) is 0.400. The van der Waals surface area contributed by atoms with Crippen molar-refractivity contribution in [2.24, 2.45) is 5.84 Å². The first-order valence-corrected chi connectivity index (χ1v) is 4.44. The molecule has 0 spiro atoms. The topological polar surface area (TPSA) is 50.1 Å². The number of aryl methyl sites for hydroxylation is 2. The van der Waals surface area contributed by atoms with Gasteiger partial charge in [0.2, 0.25) is 0 Å². The zero-order valence-corrected chi connectivity index (χ0v) is 8.22. The highest BCUT2D eigenvalue weighted by Gasteiger charge is 1.96. The van der Waals surface area contributed by atoms with Crippen LogP contribution in [-0.2, 0) is 6.54 Å². The summed E-state index contributed by atoms with van der Waals surface area (Å²) in [7, 11) is 0. The first-order valence-electron chi connectivity index (χ1n) is 4.44. The van der Waals surface area contributed by atoms with E-state index in [4.69, 9.17) is 5.84 Å². The molecule has 0 heterocycles. The molecule has 3 heteroatoms. The van der Waals surface area contributed by atoms with Gasteiger partial charge in [-0.05, 0) is 25.0 Å². The van der Waals surface area contributed by atoms with E-state index in [1.807, 2.05) is 0 Å². The molecule has 0 atom stereocenters. The van der Waals surface area contributed by atoms with Crippen LogP contribution in [-0.4, -0.2) is 6.67 Å². The van der Waals surface area contributed by atoms with E-state index >= 15 is 0 Å². The van der Waals surface area contributed by atoms with Gasteiger partial charge in [0.15, 0.2) is 0 Å². The van der Waals surface area contributed by atoms with Crippen LogP contribution in [0.5, 0.6) is 0 Å². The van der Waals surface area contributed by atoms with Gasteiger partial charge in [0.25, 0.3) is 0 Å². The van der Waals surface area contributed by atoms with Crippen molar-refractivity contribution in [2.45, 2.75) is 20.4 Å². The predicted octanol–water partition coefficient (Wildman–Crippen LogP) is 0.814. The second-order valence-corrected chi connectivity index (χ2v) is 3.24. The maximum absolute atomic E-state index is 5.14. The van der Waals surface area contributed by atoms with Gasteiger partial charge in [-0.25, -0.2) is 5.43 Å². The second-order valence-electron chi connectivity index (χ2n) is 3.24. The van der Waals surface area contributed by atoms with E-state index in [1.165, 1.54) is 16.7 Å². The Morgan fingerprint density at radius 1 is 1.31 bits per heavy atom. The highest BCUT2D eigenvalue weighted by atomic mass is 15.3. The second kappa shape index (κ2) is 4.97. The zero-order chi connectivity index (χ0) is 9.68. The van der Waals surface area contributed by atoms with Crippen LogP contribution in [0.3, 0.4) is 0 Å². The van der Waals surface area contributed by atoms with Crippen LogP contribution in [0, 0.1) is 13.8 Å². The van der Waals surface area contributed by atoms with Crippen molar-refractivity contribution >= 4 is 0 Å². The molecule has 0 saturated carbocycles. The normalized spacial score (nSPS) is 10.4. The summed E-state index contributed by atoms with van der Waals surface area (Å²) in [6.07, 6.45) is 0. The van der Waals surface area contributed by atoms with Gasteiger partial charge < -0.3 is 0 Å². The summed E-state index contributed by atoms with van der Waals surface area (Å²) in [4.78, 5) is 0.